The van der Waals surface area contributed by atoms with Gasteiger partial charge in [0, 0.05) is 19.0 Å². The molecular formula is C16H16ClNO. The highest BCUT2D eigenvalue weighted by molar-refractivity contribution is 6.62. The first-order chi connectivity index (χ1) is 9.24. The van der Waals surface area contributed by atoms with Crippen molar-refractivity contribution in [2.45, 2.75) is 18.8 Å². The number of nitrogens with zero attached hydrogens (tertiary/aromatic N) is 1. The molecule has 2 nitrogen and oxygen atoms in total. The van der Waals surface area contributed by atoms with E-state index in [1.807, 2.05) is 0 Å². The van der Waals surface area contributed by atoms with Crippen LogP contribution in [0.2, 0.25) is 0 Å². The van der Waals surface area contributed by atoms with Gasteiger partial charge in [0.15, 0.2) is 0 Å². The van der Waals surface area contributed by atoms with Crippen molar-refractivity contribution in [2.24, 2.45) is 0 Å². The number of benzene rings is 2. The molecule has 1 heterocycles. The van der Waals surface area contributed by atoms with Crippen LogP contribution in [0.25, 0.3) is 10.8 Å². The van der Waals surface area contributed by atoms with Crippen LogP contribution in [-0.2, 0) is 0 Å². The Hall–Kier alpha value is -1.54. The van der Waals surface area contributed by atoms with Crippen LogP contribution in [0.1, 0.15) is 24.3 Å². The first-order valence-electron chi connectivity index (χ1n) is 6.67. The van der Waals surface area contributed by atoms with Crippen molar-refractivity contribution in [3.05, 3.63) is 48.0 Å². The third kappa shape index (κ3) is 2.59. The first kappa shape index (κ1) is 12.5. The zero-order chi connectivity index (χ0) is 13.2. The smallest absolute Gasteiger partial charge is 0.316 e. The van der Waals surface area contributed by atoms with Crippen molar-refractivity contribution < 1.29 is 4.79 Å². The van der Waals surface area contributed by atoms with Crippen molar-refractivity contribution in [1.29, 1.82) is 0 Å². The summed E-state index contributed by atoms with van der Waals surface area (Å²) in [5, 5.41) is 2.19. The van der Waals surface area contributed by atoms with Crippen LogP contribution < -0.4 is 0 Å². The lowest BCUT2D eigenvalue weighted by molar-refractivity contribution is 0.202. The number of hydrogen-bond acceptors (Lipinski definition) is 1. The van der Waals surface area contributed by atoms with Crippen LogP contribution in [0.3, 0.4) is 0 Å². The number of carbonyl (C=O) groups is 1. The molecule has 1 amide bonds. The van der Waals surface area contributed by atoms with Gasteiger partial charge in [-0.25, -0.2) is 0 Å². The SMILES string of the molecule is O=C(Cl)N1CCCC(c2ccc3ccccc3c2)C1. The minimum atomic E-state index is -0.328. The molecule has 0 saturated carbocycles. The molecule has 1 aliphatic rings. The van der Waals surface area contributed by atoms with Gasteiger partial charge in [-0.05, 0) is 40.8 Å². The summed E-state index contributed by atoms with van der Waals surface area (Å²) in [6, 6.07) is 14.9. The summed E-state index contributed by atoms with van der Waals surface area (Å²) >= 11 is 5.59. The highest BCUT2D eigenvalue weighted by atomic mass is 35.5. The summed E-state index contributed by atoms with van der Waals surface area (Å²) in [5.74, 6) is 0.404. The Morgan fingerprint density at radius 3 is 2.74 bits per heavy atom. The largest absolute Gasteiger partial charge is 0.329 e. The van der Waals surface area contributed by atoms with Gasteiger partial charge in [-0.2, -0.15) is 0 Å². The van der Waals surface area contributed by atoms with E-state index in [4.69, 9.17) is 11.6 Å². The summed E-state index contributed by atoms with van der Waals surface area (Å²) in [5.41, 5.74) is 1.31. The predicted octanol–water partition coefficient (Wildman–Crippen LogP) is 4.38. The quantitative estimate of drug-likeness (QED) is 0.558. The van der Waals surface area contributed by atoms with E-state index in [1.54, 1.807) is 4.90 Å². The minimum absolute atomic E-state index is 0.328. The van der Waals surface area contributed by atoms with Crippen molar-refractivity contribution in [1.82, 2.24) is 4.90 Å². The van der Waals surface area contributed by atoms with Crippen molar-refractivity contribution in [3.8, 4) is 0 Å². The first-order valence-corrected chi connectivity index (χ1v) is 7.05. The number of carbonyl (C=O) groups excluding carboxylic acids is 1. The lowest BCUT2D eigenvalue weighted by atomic mass is 9.89. The second-order valence-electron chi connectivity index (χ2n) is 5.14. The molecule has 1 fully saturated rings. The van der Waals surface area contributed by atoms with E-state index in [1.165, 1.54) is 16.3 Å². The lowest BCUT2D eigenvalue weighted by Crippen LogP contribution is -2.36. The Morgan fingerprint density at radius 2 is 1.95 bits per heavy atom. The van der Waals surface area contributed by atoms with E-state index >= 15 is 0 Å². The molecule has 0 bridgehead atoms. The van der Waals surface area contributed by atoms with Gasteiger partial charge < -0.3 is 4.90 Å². The third-order valence-electron chi connectivity index (χ3n) is 3.91. The lowest BCUT2D eigenvalue weighted by Gasteiger charge is -2.31. The van der Waals surface area contributed by atoms with Crippen molar-refractivity contribution in [3.63, 3.8) is 0 Å². The van der Waals surface area contributed by atoms with E-state index in [2.05, 4.69) is 42.5 Å². The number of rotatable bonds is 1. The molecule has 1 saturated heterocycles. The molecule has 1 unspecified atom stereocenters. The van der Waals surface area contributed by atoms with E-state index in [-0.39, 0.29) is 5.37 Å². The fraction of sp³-hybridized carbons (Fsp3) is 0.312. The van der Waals surface area contributed by atoms with Crippen LogP contribution in [0.15, 0.2) is 42.5 Å². The Morgan fingerprint density at radius 1 is 1.16 bits per heavy atom. The number of hydrogen-bond donors (Lipinski definition) is 0. The monoisotopic (exact) mass is 273 g/mol. The van der Waals surface area contributed by atoms with Gasteiger partial charge in [0.1, 0.15) is 0 Å². The van der Waals surface area contributed by atoms with Gasteiger partial charge >= 0.3 is 5.37 Å². The molecule has 1 atom stereocenters. The zero-order valence-electron chi connectivity index (χ0n) is 10.7. The second-order valence-corrected chi connectivity index (χ2v) is 5.47. The normalized spacial score (nSPS) is 19.6. The topological polar surface area (TPSA) is 20.3 Å². The number of likely N-dealkylation sites (tertiary alicyclic amines) is 1. The molecule has 2 aromatic carbocycles. The molecular weight excluding hydrogens is 258 g/mol. The molecule has 0 N–H and O–H groups in total. The van der Waals surface area contributed by atoms with Gasteiger partial charge in [0.2, 0.25) is 0 Å². The van der Waals surface area contributed by atoms with Gasteiger partial charge in [0.05, 0.1) is 0 Å². The number of fused-ring (bicyclic) bond motifs is 1. The molecule has 3 heteroatoms. The van der Waals surface area contributed by atoms with Crippen LogP contribution in [0, 0.1) is 0 Å². The summed E-state index contributed by atoms with van der Waals surface area (Å²) in [7, 11) is 0. The highest BCUT2D eigenvalue weighted by Gasteiger charge is 2.23. The molecule has 98 valence electrons. The summed E-state index contributed by atoms with van der Waals surface area (Å²) in [6.07, 6.45) is 2.15. The minimum Gasteiger partial charge on any atom is -0.329 e. The van der Waals surface area contributed by atoms with Gasteiger partial charge in [-0.3, -0.25) is 4.79 Å². The van der Waals surface area contributed by atoms with E-state index < -0.39 is 0 Å². The predicted molar refractivity (Wildman–Crippen MR) is 78.7 cm³/mol. The van der Waals surface area contributed by atoms with Gasteiger partial charge in [-0.15, -0.1) is 0 Å². The summed E-state index contributed by atoms with van der Waals surface area (Å²) in [6.45, 7) is 1.52. The van der Waals surface area contributed by atoms with Crippen LogP contribution >= 0.6 is 11.6 Å². The average Bonchev–Trinajstić information content (AvgIpc) is 2.47. The van der Waals surface area contributed by atoms with E-state index in [9.17, 15) is 4.79 Å². The Balaban J connectivity index is 1.89. The highest BCUT2D eigenvalue weighted by Crippen LogP contribution is 2.29. The van der Waals surface area contributed by atoms with Crippen molar-refractivity contribution >= 4 is 27.7 Å². The molecule has 0 spiro atoms. The molecule has 1 aliphatic heterocycles. The van der Waals surface area contributed by atoms with Gasteiger partial charge in [-0.1, -0.05) is 42.5 Å². The second kappa shape index (κ2) is 5.22. The maximum Gasteiger partial charge on any atom is 0.316 e. The summed E-state index contributed by atoms with van der Waals surface area (Å²) in [4.78, 5) is 13.0. The Labute approximate surface area is 118 Å². The Kier molecular flexibility index (Phi) is 3.43. The van der Waals surface area contributed by atoms with E-state index in [0.29, 0.717) is 5.92 Å². The fourth-order valence-corrected chi connectivity index (χ4v) is 3.02. The zero-order valence-corrected chi connectivity index (χ0v) is 11.4. The molecule has 2 aromatic rings. The molecule has 19 heavy (non-hydrogen) atoms. The van der Waals surface area contributed by atoms with Crippen LogP contribution in [-0.4, -0.2) is 23.4 Å². The number of amides is 1. The Bertz CT molecular complexity index is 610. The maximum atomic E-state index is 11.3. The van der Waals surface area contributed by atoms with Crippen LogP contribution in [0.5, 0.6) is 0 Å². The summed E-state index contributed by atoms with van der Waals surface area (Å²) < 4.78 is 0. The molecule has 0 aromatic heterocycles. The van der Waals surface area contributed by atoms with Crippen LogP contribution in [0.4, 0.5) is 4.79 Å². The average molecular weight is 274 g/mol. The standard InChI is InChI=1S/C16H16ClNO/c17-16(19)18-9-3-6-15(11-18)14-8-7-12-4-1-2-5-13(12)10-14/h1-2,4-5,7-8,10,15H,3,6,9,11H2. The molecule has 3 rings (SSSR count). The molecule has 0 radical (unpaired) electrons. The fourth-order valence-electron chi connectivity index (χ4n) is 2.87. The van der Waals surface area contributed by atoms with E-state index in [0.717, 1.165) is 25.9 Å². The number of piperidine rings is 1. The third-order valence-corrected chi connectivity index (χ3v) is 4.15. The number of halogens is 1. The molecule has 0 aliphatic carbocycles. The van der Waals surface area contributed by atoms with Crippen molar-refractivity contribution in [2.75, 3.05) is 13.1 Å². The maximum absolute atomic E-state index is 11.3. The van der Waals surface area contributed by atoms with Gasteiger partial charge in [0.25, 0.3) is 0 Å².